The Morgan fingerprint density at radius 2 is 2.00 bits per heavy atom. The van der Waals surface area contributed by atoms with E-state index in [1.165, 1.54) is 0 Å². The van der Waals surface area contributed by atoms with E-state index in [1.807, 2.05) is 18.2 Å². The number of nitrogens with zero attached hydrogens (tertiary/aromatic N) is 1. The molecule has 2 rings (SSSR count). The Balaban J connectivity index is 2.18. The summed E-state index contributed by atoms with van der Waals surface area (Å²) >= 11 is 3.43. The zero-order chi connectivity index (χ0) is 17.9. The number of likely N-dealkylation sites (tertiary alicyclic amines) is 1. The highest BCUT2D eigenvalue weighted by Gasteiger charge is 2.36. The molecule has 132 valence electrons. The quantitative estimate of drug-likeness (QED) is 0.816. The number of nitrogens with one attached hydrogen (secondary N) is 1. The third kappa shape index (κ3) is 4.70. The van der Waals surface area contributed by atoms with Crippen molar-refractivity contribution in [2.45, 2.75) is 32.4 Å². The lowest BCUT2D eigenvalue weighted by molar-refractivity contribution is -0.141. The van der Waals surface area contributed by atoms with Crippen LogP contribution in [0, 0.1) is 5.92 Å². The summed E-state index contributed by atoms with van der Waals surface area (Å²) in [5, 5.41) is 11.8. The average molecular weight is 399 g/mol. The Hall–Kier alpha value is -1.60. The second-order valence-electron chi connectivity index (χ2n) is 6.89. The summed E-state index contributed by atoms with van der Waals surface area (Å²) in [5.74, 6) is -0.104. The SMILES string of the molecule is CC(C)(C)OC(=O)NC(C(=O)N1CC(CO)C1)c1ccccc1Br. The van der Waals surface area contributed by atoms with Gasteiger partial charge in [0.1, 0.15) is 11.6 Å². The minimum atomic E-state index is -0.838. The summed E-state index contributed by atoms with van der Waals surface area (Å²) in [5.41, 5.74) is 0.0189. The number of aliphatic hydroxyl groups excluding tert-OH is 1. The number of aliphatic hydroxyl groups is 1. The van der Waals surface area contributed by atoms with Crippen LogP contribution in [0.15, 0.2) is 28.7 Å². The second-order valence-corrected chi connectivity index (χ2v) is 7.75. The lowest BCUT2D eigenvalue weighted by Crippen LogP contribution is -2.55. The molecule has 0 bridgehead atoms. The van der Waals surface area contributed by atoms with E-state index in [0.29, 0.717) is 18.7 Å². The van der Waals surface area contributed by atoms with Crippen LogP contribution >= 0.6 is 15.9 Å². The van der Waals surface area contributed by atoms with Gasteiger partial charge in [0.25, 0.3) is 0 Å². The predicted molar refractivity (Wildman–Crippen MR) is 93.4 cm³/mol. The summed E-state index contributed by atoms with van der Waals surface area (Å²) in [6.07, 6.45) is -0.643. The van der Waals surface area contributed by atoms with Crippen molar-refractivity contribution in [3.8, 4) is 0 Å². The fourth-order valence-corrected chi connectivity index (χ4v) is 2.97. The Morgan fingerprint density at radius 3 is 2.54 bits per heavy atom. The summed E-state index contributed by atoms with van der Waals surface area (Å²) < 4.78 is 6.01. The van der Waals surface area contributed by atoms with E-state index in [9.17, 15) is 9.59 Å². The summed E-state index contributed by atoms with van der Waals surface area (Å²) in [6.45, 7) is 6.34. The van der Waals surface area contributed by atoms with Crippen LogP contribution < -0.4 is 5.32 Å². The van der Waals surface area contributed by atoms with E-state index in [-0.39, 0.29) is 18.4 Å². The van der Waals surface area contributed by atoms with E-state index < -0.39 is 17.7 Å². The van der Waals surface area contributed by atoms with Gasteiger partial charge in [-0.2, -0.15) is 0 Å². The van der Waals surface area contributed by atoms with Crippen molar-refractivity contribution in [1.29, 1.82) is 0 Å². The maximum absolute atomic E-state index is 12.8. The molecule has 1 atom stereocenters. The lowest BCUT2D eigenvalue weighted by atomic mass is 9.98. The predicted octanol–water partition coefficient (Wildman–Crippen LogP) is 2.47. The molecule has 0 aromatic heterocycles. The van der Waals surface area contributed by atoms with Crippen LogP contribution in [-0.4, -0.2) is 47.3 Å². The van der Waals surface area contributed by atoms with Gasteiger partial charge in [0, 0.05) is 30.1 Å². The van der Waals surface area contributed by atoms with Gasteiger partial charge in [-0.25, -0.2) is 4.79 Å². The summed E-state index contributed by atoms with van der Waals surface area (Å²) in [4.78, 5) is 26.6. The number of amides is 2. The van der Waals surface area contributed by atoms with Crippen molar-refractivity contribution < 1.29 is 19.4 Å². The van der Waals surface area contributed by atoms with Crippen LogP contribution in [0.1, 0.15) is 32.4 Å². The highest BCUT2D eigenvalue weighted by atomic mass is 79.9. The van der Waals surface area contributed by atoms with Gasteiger partial charge < -0.3 is 20.1 Å². The van der Waals surface area contributed by atoms with Gasteiger partial charge >= 0.3 is 6.09 Å². The van der Waals surface area contributed by atoms with Crippen LogP contribution in [0.5, 0.6) is 0 Å². The average Bonchev–Trinajstić information content (AvgIpc) is 2.42. The molecule has 7 heteroatoms. The highest BCUT2D eigenvalue weighted by molar-refractivity contribution is 9.10. The molecule has 2 amide bonds. The van der Waals surface area contributed by atoms with Gasteiger partial charge in [0.2, 0.25) is 5.91 Å². The van der Waals surface area contributed by atoms with Crippen LogP contribution in [0.25, 0.3) is 0 Å². The molecule has 1 heterocycles. The van der Waals surface area contributed by atoms with E-state index in [0.717, 1.165) is 4.47 Å². The van der Waals surface area contributed by atoms with Crippen molar-refractivity contribution in [1.82, 2.24) is 10.2 Å². The van der Waals surface area contributed by atoms with Gasteiger partial charge in [0.05, 0.1) is 0 Å². The molecule has 24 heavy (non-hydrogen) atoms. The molecule has 1 aromatic rings. The normalized spacial score (nSPS) is 16.3. The molecular formula is C17H23BrN2O4. The minimum Gasteiger partial charge on any atom is -0.444 e. The number of rotatable bonds is 4. The van der Waals surface area contributed by atoms with Gasteiger partial charge in [-0.05, 0) is 32.4 Å². The van der Waals surface area contributed by atoms with Crippen molar-refractivity contribution >= 4 is 27.9 Å². The zero-order valence-corrected chi connectivity index (χ0v) is 15.7. The molecular weight excluding hydrogens is 376 g/mol. The minimum absolute atomic E-state index is 0.0585. The largest absolute Gasteiger partial charge is 0.444 e. The number of ether oxygens (including phenoxy) is 1. The topological polar surface area (TPSA) is 78.9 Å². The first-order valence-electron chi connectivity index (χ1n) is 7.85. The Labute approximate surface area is 150 Å². The lowest BCUT2D eigenvalue weighted by Gasteiger charge is -2.40. The molecule has 0 spiro atoms. The van der Waals surface area contributed by atoms with Crippen LogP contribution in [0.3, 0.4) is 0 Å². The fraction of sp³-hybridized carbons (Fsp3) is 0.529. The van der Waals surface area contributed by atoms with Gasteiger partial charge in [-0.3, -0.25) is 4.79 Å². The molecule has 2 N–H and O–H groups in total. The van der Waals surface area contributed by atoms with E-state index in [4.69, 9.17) is 9.84 Å². The van der Waals surface area contributed by atoms with E-state index in [2.05, 4.69) is 21.2 Å². The fourth-order valence-electron chi connectivity index (χ4n) is 2.45. The van der Waals surface area contributed by atoms with E-state index >= 15 is 0 Å². The molecule has 1 aliphatic rings. The molecule has 1 aliphatic heterocycles. The third-order valence-corrected chi connectivity index (χ3v) is 4.37. The van der Waals surface area contributed by atoms with Gasteiger partial charge in [-0.1, -0.05) is 34.1 Å². The first-order valence-corrected chi connectivity index (χ1v) is 8.64. The number of carbonyl (C=O) groups excluding carboxylic acids is 2. The number of carbonyl (C=O) groups is 2. The molecule has 1 aromatic carbocycles. The van der Waals surface area contributed by atoms with Gasteiger partial charge in [0.15, 0.2) is 0 Å². The molecule has 0 aliphatic carbocycles. The number of benzene rings is 1. The molecule has 1 fully saturated rings. The molecule has 6 nitrogen and oxygen atoms in total. The number of hydrogen-bond donors (Lipinski definition) is 2. The summed E-state index contributed by atoms with van der Waals surface area (Å²) in [7, 11) is 0. The third-order valence-electron chi connectivity index (χ3n) is 3.65. The van der Waals surface area contributed by atoms with Crippen molar-refractivity contribution in [3.63, 3.8) is 0 Å². The standard InChI is InChI=1S/C17H23BrN2O4/c1-17(2,3)24-16(23)19-14(12-6-4-5-7-13(12)18)15(22)20-8-11(9-20)10-21/h4-7,11,14,21H,8-10H2,1-3H3,(H,19,23). The molecule has 0 saturated carbocycles. The number of alkyl carbamates (subject to hydrolysis) is 1. The molecule has 0 radical (unpaired) electrons. The summed E-state index contributed by atoms with van der Waals surface area (Å²) in [6, 6.07) is 6.42. The second kappa shape index (κ2) is 7.53. The number of halogens is 1. The smallest absolute Gasteiger partial charge is 0.408 e. The highest BCUT2D eigenvalue weighted by Crippen LogP contribution is 2.28. The van der Waals surface area contributed by atoms with Crippen LogP contribution in [0.4, 0.5) is 4.79 Å². The van der Waals surface area contributed by atoms with Crippen molar-refractivity contribution in [2.75, 3.05) is 19.7 Å². The maximum atomic E-state index is 12.8. The Bertz CT molecular complexity index is 609. The van der Waals surface area contributed by atoms with Crippen LogP contribution in [-0.2, 0) is 9.53 Å². The van der Waals surface area contributed by atoms with E-state index in [1.54, 1.807) is 31.7 Å². The first-order chi connectivity index (χ1) is 11.2. The van der Waals surface area contributed by atoms with Crippen molar-refractivity contribution in [3.05, 3.63) is 34.3 Å². The number of hydrogen-bond acceptors (Lipinski definition) is 4. The zero-order valence-electron chi connectivity index (χ0n) is 14.1. The first kappa shape index (κ1) is 18.7. The Kier molecular flexibility index (Phi) is 5.87. The Morgan fingerprint density at radius 1 is 1.38 bits per heavy atom. The monoisotopic (exact) mass is 398 g/mol. The van der Waals surface area contributed by atoms with Gasteiger partial charge in [-0.15, -0.1) is 0 Å². The molecule has 1 unspecified atom stereocenters. The molecule has 1 saturated heterocycles. The van der Waals surface area contributed by atoms with Crippen molar-refractivity contribution in [2.24, 2.45) is 5.92 Å². The van der Waals surface area contributed by atoms with Crippen LogP contribution in [0.2, 0.25) is 0 Å². The maximum Gasteiger partial charge on any atom is 0.408 e.